The zero-order valence-corrected chi connectivity index (χ0v) is 18.7. The van der Waals surface area contributed by atoms with Crippen LogP contribution >= 0.6 is 45.8 Å². The smallest absolute Gasteiger partial charge is 0.305 e. The minimum absolute atomic E-state index is 0.0687. The fourth-order valence-electron chi connectivity index (χ4n) is 2.88. The topological polar surface area (TPSA) is 46.9 Å². The van der Waals surface area contributed by atoms with Crippen LogP contribution in [0.1, 0.15) is 23.7 Å². The summed E-state index contributed by atoms with van der Waals surface area (Å²) in [4.78, 5) is 12.4. The summed E-state index contributed by atoms with van der Waals surface area (Å²) in [6.45, 7) is 1.68. The molecule has 0 saturated heterocycles. The second kappa shape index (κ2) is 8.31. The van der Waals surface area contributed by atoms with Crippen molar-refractivity contribution >= 4 is 57.5 Å². The molecule has 0 spiro atoms. The van der Waals surface area contributed by atoms with Crippen molar-refractivity contribution in [2.45, 2.75) is 29.5 Å². The molecular formula is C19H15Cl2F3IN3O. The number of benzene rings is 1. The molecule has 154 valence electrons. The van der Waals surface area contributed by atoms with Gasteiger partial charge in [-0.1, -0.05) is 64.0 Å². The minimum Gasteiger partial charge on any atom is -0.305 e. The van der Waals surface area contributed by atoms with Crippen LogP contribution in [0.25, 0.3) is 0 Å². The summed E-state index contributed by atoms with van der Waals surface area (Å²) in [6, 6.07) is 6.16. The normalized spacial score (nSPS) is 19.6. The van der Waals surface area contributed by atoms with E-state index in [2.05, 4.69) is 10.4 Å². The highest BCUT2D eigenvalue weighted by molar-refractivity contribution is 14.1. The van der Waals surface area contributed by atoms with Crippen LogP contribution in [0.2, 0.25) is 10.0 Å². The molecule has 1 aromatic carbocycles. The molecule has 0 saturated carbocycles. The van der Waals surface area contributed by atoms with Crippen LogP contribution < -0.4 is 5.32 Å². The van der Waals surface area contributed by atoms with Gasteiger partial charge in [-0.15, -0.1) is 0 Å². The van der Waals surface area contributed by atoms with Crippen LogP contribution in [0.3, 0.4) is 0 Å². The first-order chi connectivity index (χ1) is 13.5. The number of alkyl halides is 4. The number of halogens is 6. The third kappa shape index (κ3) is 5.35. The van der Waals surface area contributed by atoms with Crippen LogP contribution in [0.4, 0.5) is 19.0 Å². The predicted octanol–water partition coefficient (Wildman–Crippen LogP) is 6.45. The number of nitrogens with zero attached hydrogens (tertiary/aromatic N) is 2. The van der Waals surface area contributed by atoms with E-state index in [1.807, 2.05) is 22.6 Å². The largest absolute Gasteiger partial charge is 0.416 e. The van der Waals surface area contributed by atoms with Crippen molar-refractivity contribution in [3.8, 4) is 0 Å². The third-order valence-corrected chi connectivity index (χ3v) is 5.63. The van der Waals surface area contributed by atoms with E-state index >= 15 is 0 Å². The number of amides is 1. The second-order valence-electron chi connectivity index (χ2n) is 6.72. The van der Waals surface area contributed by atoms with Crippen LogP contribution in [0, 0.1) is 0 Å². The highest BCUT2D eigenvalue weighted by Gasteiger charge is 2.39. The number of carbonyl (C=O) groups excluding carboxylic acids is 1. The van der Waals surface area contributed by atoms with Gasteiger partial charge in [0.2, 0.25) is 0 Å². The van der Waals surface area contributed by atoms with E-state index in [9.17, 15) is 18.0 Å². The summed E-state index contributed by atoms with van der Waals surface area (Å²) in [5.74, 6) is -0.377. The summed E-state index contributed by atoms with van der Waals surface area (Å²) < 4.78 is 41.1. The van der Waals surface area contributed by atoms with Crippen molar-refractivity contribution in [1.29, 1.82) is 0 Å². The zero-order valence-electron chi connectivity index (χ0n) is 15.0. The number of anilines is 1. The van der Waals surface area contributed by atoms with Gasteiger partial charge in [-0.3, -0.25) is 9.48 Å². The average Bonchev–Trinajstić information content (AvgIpc) is 3.02. The van der Waals surface area contributed by atoms with Gasteiger partial charge in [0.05, 0.1) is 27.7 Å². The maximum Gasteiger partial charge on any atom is 0.416 e. The highest BCUT2D eigenvalue weighted by Crippen LogP contribution is 2.41. The SMILES string of the molecule is CC1(I)C=C(C(F)(F)F)C(Cn2ccc(NC(=O)c3c(Cl)cccc3Cl)n2)=CC1. The predicted molar refractivity (Wildman–Crippen MR) is 116 cm³/mol. The Morgan fingerprint density at radius 2 is 1.97 bits per heavy atom. The minimum atomic E-state index is -4.45. The molecule has 1 N–H and O–H groups in total. The molecule has 0 radical (unpaired) electrons. The molecule has 10 heteroatoms. The molecule has 1 aliphatic rings. The number of hydrogen-bond acceptors (Lipinski definition) is 2. The van der Waals surface area contributed by atoms with E-state index < -0.39 is 21.1 Å². The lowest BCUT2D eigenvalue weighted by atomic mass is 9.91. The molecule has 1 aromatic heterocycles. The highest BCUT2D eigenvalue weighted by atomic mass is 127. The average molecular weight is 556 g/mol. The molecule has 1 amide bonds. The Morgan fingerprint density at radius 1 is 1.31 bits per heavy atom. The lowest BCUT2D eigenvalue weighted by molar-refractivity contribution is -0.0903. The van der Waals surface area contributed by atoms with E-state index in [1.54, 1.807) is 19.1 Å². The second-order valence-corrected chi connectivity index (χ2v) is 10.00. The number of aromatic nitrogens is 2. The number of nitrogens with one attached hydrogen (secondary N) is 1. The first-order valence-electron chi connectivity index (χ1n) is 8.43. The van der Waals surface area contributed by atoms with Crippen molar-refractivity contribution in [3.63, 3.8) is 0 Å². The molecule has 0 fully saturated rings. The van der Waals surface area contributed by atoms with Crippen LogP contribution in [-0.4, -0.2) is 25.3 Å². The molecule has 1 atom stereocenters. The fraction of sp³-hybridized carbons (Fsp3) is 0.263. The van der Waals surface area contributed by atoms with Crippen LogP contribution in [0.5, 0.6) is 0 Å². The molecule has 4 nitrogen and oxygen atoms in total. The number of carbonyl (C=O) groups is 1. The number of hydrogen-bond donors (Lipinski definition) is 1. The van der Waals surface area contributed by atoms with Gasteiger partial charge >= 0.3 is 6.18 Å². The van der Waals surface area contributed by atoms with Gasteiger partial charge in [0.15, 0.2) is 5.82 Å². The Morgan fingerprint density at radius 3 is 2.59 bits per heavy atom. The van der Waals surface area contributed by atoms with E-state index in [4.69, 9.17) is 23.2 Å². The maximum atomic E-state index is 13.5. The standard InChI is InChI=1S/C19H15Cl2F3IN3O/c1-18(25)7-5-11(12(9-18)19(22,23)24)10-28-8-6-15(27-28)26-17(29)16-13(20)3-2-4-14(16)21/h2-6,8-9H,7,10H2,1H3,(H,26,27,29). The molecule has 1 aliphatic carbocycles. The van der Waals surface area contributed by atoms with Gasteiger partial charge in [0.25, 0.3) is 5.91 Å². The molecule has 0 bridgehead atoms. The van der Waals surface area contributed by atoms with Gasteiger partial charge in [-0.25, -0.2) is 0 Å². The van der Waals surface area contributed by atoms with Gasteiger partial charge in [-0.05, 0) is 31.1 Å². The summed E-state index contributed by atoms with van der Waals surface area (Å²) >= 11 is 14.0. The van der Waals surface area contributed by atoms with E-state index in [1.165, 1.54) is 35.2 Å². The number of allylic oxidation sites excluding steroid dienone is 4. The monoisotopic (exact) mass is 555 g/mol. The molecule has 29 heavy (non-hydrogen) atoms. The third-order valence-electron chi connectivity index (χ3n) is 4.25. The lowest BCUT2D eigenvalue weighted by Crippen LogP contribution is -2.25. The van der Waals surface area contributed by atoms with Crippen molar-refractivity contribution in [2.75, 3.05) is 5.32 Å². The summed E-state index contributed by atoms with van der Waals surface area (Å²) in [7, 11) is 0. The van der Waals surface area contributed by atoms with Gasteiger partial charge in [-0.2, -0.15) is 18.3 Å². The van der Waals surface area contributed by atoms with Crippen molar-refractivity contribution in [1.82, 2.24) is 9.78 Å². The molecule has 0 aliphatic heterocycles. The van der Waals surface area contributed by atoms with E-state index in [0.29, 0.717) is 6.42 Å². The Bertz CT molecular complexity index is 992. The summed E-state index contributed by atoms with van der Waals surface area (Å²) in [5, 5.41) is 7.07. The van der Waals surface area contributed by atoms with Gasteiger partial charge in [0, 0.05) is 15.7 Å². The van der Waals surface area contributed by atoms with Crippen LogP contribution in [0.15, 0.2) is 53.8 Å². The van der Waals surface area contributed by atoms with Crippen molar-refractivity contribution in [3.05, 3.63) is 69.4 Å². The first-order valence-corrected chi connectivity index (χ1v) is 10.3. The maximum absolute atomic E-state index is 13.5. The van der Waals surface area contributed by atoms with Crippen molar-refractivity contribution in [2.24, 2.45) is 0 Å². The van der Waals surface area contributed by atoms with Gasteiger partial charge in [0.1, 0.15) is 0 Å². The fourth-order valence-corrected chi connectivity index (χ4v) is 3.98. The number of rotatable bonds is 4. The Hall–Kier alpha value is -1.52. The van der Waals surface area contributed by atoms with Crippen molar-refractivity contribution < 1.29 is 18.0 Å². The van der Waals surface area contributed by atoms with E-state index in [-0.39, 0.29) is 33.5 Å². The molecule has 1 heterocycles. The Labute approximate surface area is 188 Å². The zero-order chi connectivity index (χ0) is 21.4. The molecule has 1 unspecified atom stereocenters. The van der Waals surface area contributed by atoms with E-state index in [0.717, 1.165) is 0 Å². The Balaban J connectivity index is 1.76. The van der Waals surface area contributed by atoms with Gasteiger partial charge < -0.3 is 5.32 Å². The molecular weight excluding hydrogens is 541 g/mol. The lowest BCUT2D eigenvalue weighted by Gasteiger charge is -2.27. The molecule has 2 aromatic rings. The molecule has 3 rings (SSSR count). The Kier molecular flexibility index (Phi) is 6.35. The summed E-state index contributed by atoms with van der Waals surface area (Å²) in [6.07, 6.45) is 0.353. The first kappa shape index (κ1) is 22.2. The van der Waals surface area contributed by atoms with Crippen LogP contribution in [-0.2, 0) is 6.54 Å². The quantitative estimate of drug-likeness (QED) is 0.348. The summed E-state index contributed by atoms with van der Waals surface area (Å²) in [5.41, 5.74) is -0.421.